The standard InChI is InChI=1S/C22H26F3N5O3/c1-5-6-13-7-18(33-12-21(2,3)20(31)32-4)28-8-14(13)15-9-27-16(10-26-15)19-29-11-17(30-19)22(23,24)25/h7-11,16,27H,5-6,12H2,1-4H3,(H,29,30). The zero-order chi connectivity index (χ0) is 24.2. The zero-order valence-corrected chi connectivity index (χ0v) is 18.8. The van der Waals surface area contributed by atoms with Crippen LogP contribution in [0.2, 0.25) is 0 Å². The van der Waals surface area contributed by atoms with Crippen LogP contribution >= 0.6 is 0 Å². The molecule has 3 rings (SSSR count). The van der Waals surface area contributed by atoms with E-state index in [1.54, 1.807) is 32.3 Å². The van der Waals surface area contributed by atoms with Crippen molar-refractivity contribution < 1.29 is 27.4 Å². The van der Waals surface area contributed by atoms with Crippen molar-refractivity contribution in [3.63, 3.8) is 0 Å². The molecule has 11 heteroatoms. The van der Waals surface area contributed by atoms with E-state index in [0.29, 0.717) is 11.6 Å². The molecule has 1 unspecified atom stereocenters. The third-order valence-corrected chi connectivity index (χ3v) is 5.04. The molecular weight excluding hydrogens is 439 g/mol. The Morgan fingerprint density at radius 1 is 1.21 bits per heavy atom. The van der Waals surface area contributed by atoms with Gasteiger partial charge in [-0.05, 0) is 25.8 Å². The van der Waals surface area contributed by atoms with Crippen molar-refractivity contribution in [2.45, 2.75) is 45.8 Å². The maximum absolute atomic E-state index is 12.8. The number of pyridine rings is 1. The fraction of sp³-hybridized carbons (Fsp3) is 0.455. The molecule has 0 saturated heterocycles. The number of nitrogens with one attached hydrogen (secondary N) is 2. The number of esters is 1. The van der Waals surface area contributed by atoms with Gasteiger partial charge in [-0.15, -0.1) is 0 Å². The minimum absolute atomic E-state index is 0.102. The maximum atomic E-state index is 12.8. The molecule has 0 fully saturated rings. The SMILES string of the molecule is CCCc1cc(OCC(C)(C)C(=O)OC)ncc1C1=CNC(c2ncc(C(F)(F)F)[nH]2)C=N1. The molecule has 1 aliphatic rings. The van der Waals surface area contributed by atoms with Gasteiger partial charge in [0.05, 0.1) is 24.4 Å². The van der Waals surface area contributed by atoms with E-state index in [4.69, 9.17) is 9.47 Å². The Hall–Kier alpha value is -3.37. The number of aryl methyl sites for hydroxylation is 1. The Kier molecular flexibility index (Phi) is 7.09. The predicted octanol–water partition coefficient (Wildman–Crippen LogP) is 4.07. The van der Waals surface area contributed by atoms with Gasteiger partial charge in [0.15, 0.2) is 0 Å². The van der Waals surface area contributed by atoms with Gasteiger partial charge in [0.1, 0.15) is 24.2 Å². The van der Waals surface area contributed by atoms with Gasteiger partial charge < -0.3 is 19.8 Å². The second-order valence-corrected chi connectivity index (χ2v) is 8.23. The van der Waals surface area contributed by atoms with Crippen LogP contribution < -0.4 is 10.1 Å². The van der Waals surface area contributed by atoms with Gasteiger partial charge in [-0.3, -0.25) is 9.79 Å². The molecule has 0 radical (unpaired) electrons. The fourth-order valence-corrected chi connectivity index (χ4v) is 3.19. The second kappa shape index (κ2) is 9.63. The van der Waals surface area contributed by atoms with E-state index < -0.39 is 23.3 Å². The quantitative estimate of drug-likeness (QED) is 0.570. The van der Waals surface area contributed by atoms with Gasteiger partial charge in [0.2, 0.25) is 5.88 Å². The molecule has 0 spiro atoms. The highest BCUT2D eigenvalue weighted by molar-refractivity contribution is 5.80. The summed E-state index contributed by atoms with van der Waals surface area (Å²) < 4.78 is 48.9. The van der Waals surface area contributed by atoms with Crippen molar-refractivity contribution in [1.82, 2.24) is 20.3 Å². The van der Waals surface area contributed by atoms with Crippen molar-refractivity contribution in [1.29, 1.82) is 0 Å². The molecule has 1 atom stereocenters. The van der Waals surface area contributed by atoms with Crippen molar-refractivity contribution in [2.75, 3.05) is 13.7 Å². The minimum Gasteiger partial charge on any atom is -0.476 e. The van der Waals surface area contributed by atoms with Crippen molar-refractivity contribution in [3.05, 3.63) is 47.3 Å². The van der Waals surface area contributed by atoms with E-state index in [1.165, 1.54) is 13.3 Å². The summed E-state index contributed by atoms with van der Waals surface area (Å²) in [6.45, 7) is 5.58. The number of H-pyrrole nitrogens is 1. The van der Waals surface area contributed by atoms with E-state index in [2.05, 4.69) is 25.3 Å². The summed E-state index contributed by atoms with van der Waals surface area (Å²) in [5, 5.41) is 3.01. The Balaban J connectivity index is 1.74. The number of alkyl halides is 3. The normalized spacial score (nSPS) is 16.2. The Morgan fingerprint density at radius 2 is 1.97 bits per heavy atom. The van der Waals surface area contributed by atoms with E-state index in [-0.39, 0.29) is 18.4 Å². The first-order valence-corrected chi connectivity index (χ1v) is 10.4. The number of aliphatic imine (C=N–C) groups is 1. The first-order valence-electron chi connectivity index (χ1n) is 10.4. The third-order valence-electron chi connectivity index (χ3n) is 5.04. The fourth-order valence-electron chi connectivity index (χ4n) is 3.19. The molecule has 2 N–H and O–H groups in total. The summed E-state index contributed by atoms with van der Waals surface area (Å²) in [5.74, 6) is 0.111. The summed E-state index contributed by atoms with van der Waals surface area (Å²) in [4.78, 5) is 26.7. The topological polar surface area (TPSA) is 101 Å². The number of hydrogen-bond donors (Lipinski definition) is 2. The van der Waals surface area contributed by atoms with E-state index in [1.807, 2.05) is 6.92 Å². The van der Waals surface area contributed by atoms with E-state index in [0.717, 1.165) is 30.2 Å². The molecule has 178 valence electrons. The molecule has 0 aliphatic carbocycles. The third kappa shape index (κ3) is 5.71. The van der Waals surface area contributed by atoms with E-state index in [9.17, 15) is 18.0 Å². The number of carbonyl (C=O) groups excluding carboxylic acids is 1. The first kappa shape index (κ1) is 24.3. The van der Waals surface area contributed by atoms with Gasteiger partial charge >= 0.3 is 12.1 Å². The van der Waals surface area contributed by atoms with Gasteiger partial charge in [0.25, 0.3) is 0 Å². The number of hydrogen-bond acceptors (Lipinski definition) is 7. The molecule has 2 aromatic heterocycles. The Labute approximate surface area is 189 Å². The molecule has 0 bridgehead atoms. The minimum atomic E-state index is -4.49. The number of nitrogens with zero attached hydrogens (tertiary/aromatic N) is 3. The van der Waals surface area contributed by atoms with E-state index >= 15 is 0 Å². The van der Waals surface area contributed by atoms with Crippen LogP contribution in [0.1, 0.15) is 55.9 Å². The average Bonchev–Trinajstić information content (AvgIpc) is 3.29. The summed E-state index contributed by atoms with van der Waals surface area (Å²) in [6.07, 6.45) is 2.61. The lowest BCUT2D eigenvalue weighted by molar-refractivity contribution is -0.152. The van der Waals surface area contributed by atoms with Crippen molar-refractivity contribution >= 4 is 17.9 Å². The Morgan fingerprint density at radius 3 is 2.55 bits per heavy atom. The number of methoxy groups -OCH3 is 1. The second-order valence-electron chi connectivity index (χ2n) is 8.23. The highest BCUT2D eigenvalue weighted by atomic mass is 19.4. The van der Waals surface area contributed by atoms with Gasteiger partial charge in [-0.2, -0.15) is 13.2 Å². The molecule has 2 aromatic rings. The van der Waals surface area contributed by atoms with Crippen LogP contribution in [0.15, 0.2) is 29.7 Å². The average molecular weight is 465 g/mol. The van der Waals surface area contributed by atoms with Crippen LogP contribution in [0.5, 0.6) is 5.88 Å². The largest absolute Gasteiger partial charge is 0.476 e. The van der Waals surface area contributed by atoms with Gasteiger partial charge in [-0.25, -0.2) is 9.97 Å². The summed E-state index contributed by atoms with van der Waals surface area (Å²) in [7, 11) is 1.33. The highest BCUT2D eigenvalue weighted by Gasteiger charge is 2.34. The van der Waals surface area contributed by atoms with Crippen LogP contribution in [0.4, 0.5) is 13.2 Å². The molecular formula is C22H26F3N5O3. The number of ether oxygens (including phenoxy) is 2. The Bertz CT molecular complexity index is 1060. The smallest absolute Gasteiger partial charge is 0.432 e. The number of rotatable bonds is 8. The predicted molar refractivity (Wildman–Crippen MR) is 115 cm³/mol. The van der Waals surface area contributed by atoms with Crippen molar-refractivity contribution in [3.8, 4) is 5.88 Å². The molecule has 0 amide bonds. The van der Waals surface area contributed by atoms with Crippen LogP contribution in [0.25, 0.3) is 5.70 Å². The summed E-state index contributed by atoms with van der Waals surface area (Å²) in [5.41, 5.74) is 0.565. The van der Waals surface area contributed by atoms with Gasteiger partial charge in [0, 0.05) is 30.2 Å². The van der Waals surface area contributed by atoms with Crippen LogP contribution in [-0.4, -0.2) is 40.9 Å². The van der Waals surface area contributed by atoms with Crippen LogP contribution in [-0.2, 0) is 22.1 Å². The molecule has 8 nitrogen and oxygen atoms in total. The number of aromatic nitrogens is 3. The highest BCUT2D eigenvalue weighted by Crippen LogP contribution is 2.30. The molecule has 0 saturated carbocycles. The number of halogens is 3. The summed E-state index contributed by atoms with van der Waals surface area (Å²) in [6, 6.07) is 1.19. The summed E-state index contributed by atoms with van der Waals surface area (Å²) >= 11 is 0. The molecule has 3 heterocycles. The molecule has 33 heavy (non-hydrogen) atoms. The zero-order valence-electron chi connectivity index (χ0n) is 18.8. The first-order chi connectivity index (χ1) is 15.5. The van der Waals surface area contributed by atoms with Crippen molar-refractivity contribution in [2.24, 2.45) is 10.4 Å². The monoisotopic (exact) mass is 465 g/mol. The number of imidazole rings is 1. The lowest BCUT2D eigenvalue weighted by atomic mass is 9.95. The maximum Gasteiger partial charge on any atom is 0.432 e. The van der Waals surface area contributed by atoms with Gasteiger partial charge in [-0.1, -0.05) is 13.3 Å². The molecule has 0 aromatic carbocycles. The lowest BCUT2D eigenvalue weighted by Crippen LogP contribution is -2.32. The number of aromatic amines is 1. The lowest BCUT2D eigenvalue weighted by Gasteiger charge is -2.22. The van der Waals surface area contributed by atoms with Crippen LogP contribution in [0, 0.1) is 5.41 Å². The number of carbonyl (C=O) groups is 1. The molecule has 1 aliphatic heterocycles. The van der Waals surface area contributed by atoms with Crippen LogP contribution in [0.3, 0.4) is 0 Å².